The number of hydrogen-bond acceptors (Lipinski definition) is 3. The van der Waals surface area contributed by atoms with Crippen molar-refractivity contribution in [1.82, 2.24) is 0 Å². The number of allylic oxidation sites excluding steroid dienone is 2. The highest BCUT2D eigenvalue weighted by Gasteiger charge is 2.04. The van der Waals surface area contributed by atoms with Crippen LogP contribution in [0.4, 0.5) is 11.4 Å². The summed E-state index contributed by atoms with van der Waals surface area (Å²) in [5.41, 5.74) is 8.31. The highest BCUT2D eigenvalue weighted by molar-refractivity contribution is 5.75. The number of nitrogens with zero attached hydrogens (tertiary/aromatic N) is 1. The number of hydrogen-bond donors (Lipinski definition) is 2. The molecule has 3 nitrogen and oxygen atoms in total. The van der Waals surface area contributed by atoms with Gasteiger partial charge < -0.3 is 10.6 Å². The molecule has 0 aliphatic rings. The van der Waals surface area contributed by atoms with Gasteiger partial charge in [-0.3, -0.25) is 0 Å². The molecule has 2 N–H and O–H groups in total. The summed E-state index contributed by atoms with van der Waals surface area (Å²) in [5.74, 6) is 0.609. The summed E-state index contributed by atoms with van der Waals surface area (Å²) in [6, 6.07) is 12.6. The maximum absolute atomic E-state index is 4.35. The van der Waals surface area contributed by atoms with E-state index in [9.17, 15) is 0 Å². The zero-order valence-electron chi connectivity index (χ0n) is 17.6. The molecule has 2 rings (SSSR count). The average Bonchev–Trinajstić information content (AvgIpc) is 2.68. The van der Waals surface area contributed by atoms with Gasteiger partial charge >= 0.3 is 0 Å². The lowest BCUT2D eigenvalue weighted by atomic mass is 10.0. The standard InChI is InChI=1S/C23H29N3.C2H2/c1-7-21-14-17(3)23(18(4)15-21)25-19(5)12-13-24-20(6)26-22-10-8-16(2)9-11-22;1-2/h8-15,25-26H,6-7H2,1-5H3;1-2H/b19-12+,24-13-;. The lowest BCUT2D eigenvalue weighted by molar-refractivity contribution is 1.12. The Balaban J connectivity index is 0.00000190. The molecule has 0 unspecified atom stereocenters. The fourth-order valence-corrected chi connectivity index (χ4v) is 2.77. The zero-order chi connectivity index (χ0) is 21.1. The molecule has 0 bridgehead atoms. The van der Waals surface area contributed by atoms with E-state index in [2.05, 4.69) is 87.0 Å². The molecule has 0 radical (unpaired) electrons. The third-order valence-corrected chi connectivity index (χ3v) is 4.22. The van der Waals surface area contributed by atoms with E-state index >= 15 is 0 Å². The van der Waals surface area contributed by atoms with Crippen molar-refractivity contribution < 1.29 is 0 Å². The predicted molar refractivity (Wildman–Crippen MR) is 125 cm³/mol. The zero-order valence-corrected chi connectivity index (χ0v) is 17.6. The van der Waals surface area contributed by atoms with E-state index in [-0.39, 0.29) is 0 Å². The topological polar surface area (TPSA) is 36.4 Å². The molecule has 0 fully saturated rings. The summed E-state index contributed by atoms with van der Waals surface area (Å²) in [4.78, 5) is 4.35. The van der Waals surface area contributed by atoms with Crippen LogP contribution in [0.1, 0.15) is 36.1 Å². The van der Waals surface area contributed by atoms with Crippen LogP contribution >= 0.6 is 0 Å². The molecule has 0 spiro atoms. The van der Waals surface area contributed by atoms with Crippen LogP contribution in [-0.2, 0) is 6.42 Å². The van der Waals surface area contributed by atoms with E-state index in [1.807, 2.05) is 25.1 Å². The monoisotopic (exact) mass is 373 g/mol. The lowest BCUT2D eigenvalue weighted by Crippen LogP contribution is -2.02. The van der Waals surface area contributed by atoms with Crippen LogP contribution in [0.5, 0.6) is 0 Å². The van der Waals surface area contributed by atoms with Crippen LogP contribution < -0.4 is 10.6 Å². The van der Waals surface area contributed by atoms with Gasteiger partial charge in [-0.05, 0) is 69.0 Å². The minimum absolute atomic E-state index is 0.609. The van der Waals surface area contributed by atoms with Crippen molar-refractivity contribution in [1.29, 1.82) is 0 Å². The van der Waals surface area contributed by atoms with Gasteiger partial charge in [0.15, 0.2) is 0 Å². The molecule has 0 saturated carbocycles. The molecule has 2 aromatic carbocycles. The first-order valence-corrected chi connectivity index (χ1v) is 9.33. The molecular weight excluding hydrogens is 342 g/mol. The van der Waals surface area contributed by atoms with Crippen molar-refractivity contribution in [2.75, 3.05) is 10.6 Å². The third kappa shape index (κ3) is 7.17. The van der Waals surface area contributed by atoms with Gasteiger partial charge in [-0.1, -0.05) is 43.3 Å². The largest absolute Gasteiger partial charge is 0.359 e. The Hall–Kier alpha value is -3.25. The van der Waals surface area contributed by atoms with Gasteiger partial charge in [-0.25, -0.2) is 4.99 Å². The van der Waals surface area contributed by atoms with Gasteiger partial charge in [-0.2, -0.15) is 0 Å². The lowest BCUT2D eigenvalue weighted by Gasteiger charge is -2.14. The maximum Gasteiger partial charge on any atom is 0.122 e. The van der Waals surface area contributed by atoms with Gasteiger partial charge in [-0.15, -0.1) is 12.8 Å². The van der Waals surface area contributed by atoms with Crippen molar-refractivity contribution >= 4 is 17.6 Å². The van der Waals surface area contributed by atoms with E-state index < -0.39 is 0 Å². The number of anilines is 2. The molecular formula is C25H31N3. The van der Waals surface area contributed by atoms with Crippen molar-refractivity contribution in [2.45, 2.75) is 41.0 Å². The van der Waals surface area contributed by atoms with Crippen LogP contribution in [-0.4, -0.2) is 6.21 Å². The van der Waals surface area contributed by atoms with Crippen LogP contribution in [0.25, 0.3) is 0 Å². The van der Waals surface area contributed by atoms with E-state index in [0.29, 0.717) is 5.82 Å². The van der Waals surface area contributed by atoms with Crippen molar-refractivity contribution in [3.63, 3.8) is 0 Å². The van der Waals surface area contributed by atoms with Gasteiger partial charge in [0.1, 0.15) is 5.82 Å². The Morgan fingerprint density at radius 2 is 1.61 bits per heavy atom. The van der Waals surface area contributed by atoms with Gasteiger partial charge in [0.05, 0.1) is 0 Å². The first-order chi connectivity index (χ1) is 13.4. The smallest absolute Gasteiger partial charge is 0.122 e. The van der Waals surface area contributed by atoms with Crippen molar-refractivity contribution in [3.05, 3.63) is 82.8 Å². The number of aryl methyl sites for hydroxylation is 4. The van der Waals surface area contributed by atoms with Gasteiger partial charge in [0.2, 0.25) is 0 Å². The Morgan fingerprint density at radius 1 is 1.04 bits per heavy atom. The summed E-state index contributed by atoms with van der Waals surface area (Å²) < 4.78 is 0. The molecule has 3 heteroatoms. The van der Waals surface area contributed by atoms with Crippen molar-refractivity contribution in [2.24, 2.45) is 4.99 Å². The number of rotatable bonds is 7. The molecule has 28 heavy (non-hydrogen) atoms. The normalized spacial score (nSPS) is 10.9. The first-order valence-electron chi connectivity index (χ1n) is 9.33. The van der Waals surface area contributed by atoms with Crippen LogP contribution in [0.2, 0.25) is 0 Å². The Bertz CT molecular complexity index is 845. The van der Waals surface area contributed by atoms with Crippen LogP contribution in [0.3, 0.4) is 0 Å². The minimum atomic E-state index is 0.609. The van der Waals surface area contributed by atoms with Crippen LogP contribution in [0.15, 0.2) is 65.6 Å². The molecule has 0 aliphatic carbocycles. The van der Waals surface area contributed by atoms with Crippen LogP contribution in [0, 0.1) is 33.6 Å². The van der Waals surface area contributed by atoms with Gasteiger partial charge in [0, 0.05) is 23.3 Å². The average molecular weight is 374 g/mol. The second kappa shape index (κ2) is 11.5. The van der Waals surface area contributed by atoms with E-state index in [1.54, 1.807) is 6.21 Å². The summed E-state index contributed by atoms with van der Waals surface area (Å²) in [5, 5.41) is 6.66. The third-order valence-electron chi connectivity index (χ3n) is 4.22. The second-order valence-corrected chi connectivity index (χ2v) is 6.65. The summed E-state index contributed by atoms with van der Waals surface area (Å²) in [7, 11) is 0. The minimum Gasteiger partial charge on any atom is -0.359 e. The van der Waals surface area contributed by atoms with E-state index in [4.69, 9.17) is 0 Å². The fourth-order valence-electron chi connectivity index (χ4n) is 2.77. The number of benzene rings is 2. The fraction of sp³-hybridized carbons (Fsp3) is 0.240. The maximum atomic E-state index is 4.35. The summed E-state index contributed by atoms with van der Waals surface area (Å²) >= 11 is 0. The molecule has 146 valence electrons. The summed E-state index contributed by atoms with van der Waals surface area (Å²) in [6.45, 7) is 14.5. The number of nitrogens with one attached hydrogen (secondary N) is 2. The molecule has 0 aliphatic heterocycles. The van der Waals surface area contributed by atoms with E-state index in [0.717, 1.165) is 17.8 Å². The Morgan fingerprint density at radius 3 is 2.14 bits per heavy atom. The highest BCUT2D eigenvalue weighted by Crippen LogP contribution is 2.23. The summed E-state index contributed by atoms with van der Waals surface area (Å²) in [6.07, 6.45) is 12.8. The molecule has 0 amide bonds. The predicted octanol–water partition coefficient (Wildman–Crippen LogP) is 6.39. The molecule has 0 aromatic heterocycles. The number of aliphatic imine (C=N–C) groups is 1. The molecule has 0 atom stereocenters. The molecule has 0 saturated heterocycles. The van der Waals surface area contributed by atoms with Gasteiger partial charge in [0.25, 0.3) is 0 Å². The molecule has 0 heterocycles. The highest BCUT2D eigenvalue weighted by atomic mass is 15.0. The van der Waals surface area contributed by atoms with Crippen molar-refractivity contribution in [3.8, 4) is 12.8 Å². The Kier molecular flexibility index (Phi) is 9.33. The number of terminal acetylenes is 1. The SMILES string of the molecule is C#C.C=C(/N=C\C=C(/C)Nc1c(C)cc(CC)cc1C)Nc1ccc(C)cc1. The second-order valence-electron chi connectivity index (χ2n) is 6.65. The first kappa shape index (κ1) is 22.8. The molecule has 2 aromatic rings. The van der Waals surface area contributed by atoms with E-state index in [1.165, 1.54) is 27.9 Å². The quantitative estimate of drug-likeness (QED) is 0.435. The Labute approximate surface area is 170 Å².